The van der Waals surface area contributed by atoms with E-state index in [1.807, 2.05) is 11.4 Å². The number of ether oxygens (including phenoxy) is 1. The second-order valence-corrected chi connectivity index (χ2v) is 4.88. The van der Waals surface area contributed by atoms with E-state index in [2.05, 4.69) is 5.43 Å². The lowest BCUT2D eigenvalue weighted by Crippen LogP contribution is -2.28. The number of hydrogen-bond donors (Lipinski definition) is 2. The summed E-state index contributed by atoms with van der Waals surface area (Å²) in [5.74, 6) is 6.18. The van der Waals surface area contributed by atoms with Gasteiger partial charge < -0.3 is 4.74 Å². The number of rotatable bonds is 5. The highest BCUT2D eigenvalue weighted by Crippen LogP contribution is 2.28. The molecule has 18 heavy (non-hydrogen) atoms. The Morgan fingerprint density at radius 1 is 1.39 bits per heavy atom. The number of thiophene rings is 1. The van der Waals surface area contributed by atoms with Crippen molar-refractivity contribution in [1.29, 1.82) is 0 Å². The molecule has 2 aromatic rings. The highest BCUT2D eigenvalue weighted by Gasteiger charge is 2.13. The summed E-state index contributed by atoms with van der Waals surface area (Å²) in [5, 5.41) is 1.93. The van der Waals surface area contributed by atoms with Gasteiger partial charge in [0.1, 0.15) is 11.6 Å². The summed E-state index contributed by atoms with van der Waals surface area (Å²) in [7, 11) is 1.64. The number of methoxy groups -OCH3 is 1. The Bertz CT molecular complexity index is 498. The zero-order valence-corrected chi connectivity index (χ0v) is 10.8. The molecule has 3 N–H and O–H groups in total. The van der Waals surface area contributed by atoms with Gasteiger partial charge in [-0.25, -0.2) is 4.39 Å². The number of hydrogen-bond acceptors (Lipinski definition) is 4. The van der Waals surface area contributed by atoms with Crippen molar-refractivity contribution >= 4 is 11.3 Å². The molecule has 96 valence electrons. The second kappa shape index (κ2) is 5.95. The van der Waals surface area contributed by atoms with Crippen molar-refractivity contribution in [3.05, 3.63) is 52.0 Å². The van der Waals surface area contributed by atoms with Crippen LogP contribution in [0.5, 0.6) is 5.75 Å². The average Bonchev–Trinajstić information content (AvgIpc) is 2.87. The third-order valence-corrected chi connectivity index (χ3v) is 3.75. The Morgan fingerprint density at radius 3 is 2.67 bits per heavy atom. The summed E-state index contributed by atoms with van der Waals surface area (Å²) < 4.78 is 18.0. The fraction of sp³-hybridized carbons (Fsp3) is 0.231. The Labute approximate surface area is 109 Å². The van der Waals surface area contributed by atoms with Gasteiger partial charge in [0.2, 0.25) is 0 Å². The van der Waals surface area contributed by atoms with Gasteiger partial charge in [0.25, 0.3) is 0 Å². The van der Waals surface area contributed by atoms with E-state index in [0.29, 0.717) is 6.42 Å². The molecule has 1 heterocycles. The van der Waals surface area contributed by atoms with Crippen LogP contribution in [0, 0.1) is 5.82 Å². The molecule has 1 aromatic carbocycles. The SMILES string of the molecule is COc1csc(C(Cc2ccc(F)cc2)NN)c1. The standard InChI is InChI=1S/C13H15FN2OS/c1-17-11-7-13(18-8-11)12(16-15)6-9-2-4-10(14)5-3-9/h2-5,7-8,12,16H,6,15H2,1H3. The van der Waals surface area contributed by atoms with Crippen LogP contribution in [0.4, 0.5) is 4.39 Å². The number of benzene rings is 1. The van der Waals surface area contributed by atoms with E-state index in [9.17, 15) is 4.39 Å². The van der Waals surface area contributed by atoms with Gasteiger partial charge >= 0.3 is 0 Å². The molecule has 0 spiro atoms. The monoisotopic (exact) mass is 266 g/mol. The molecular weight excluding hydrogens is 251 g/mol. The van der Waals surface area contributed by atoms with Gasteiger partial charge in [-0.1, -0.05) is 12.1 Å². The molecule has 1 unspecified atom stereocenters. The fourth-order valence-corrected chi connectivity index (χ4v) is 2.64. The second-order valence-electron chi connectivity index (χ2n) is 3.94. The predicted molar refractivity (Wildman–Crippen MR) is 71.0 cm³/mol. The lowest BCUT2D eigenvalue weighted by molar-refractivity contribution is 0.415. The minimum absolute atomic E-state index is 0.00404. The first kappa shape index (κ1) is 13.0. The Morgan fingerprint density at radius 2 is 2.11 bits per heavy atom. The molecule has 0 aliphatic carbocycles. The van der Waals surface area contributed by atoms with Gasteiger partial charge in [-0.3, -0.25) is 11.3 Å². The first-order valence-electron chi connectivity index (χ1n) is 5.56. The van der Waals surface area contributed by atoms with Crippen LogP contribution in [0.15, 0.2) is 35.7 Å². The minimum atomic E-state index is -0.228. The van der Waals surface area contributed by atoms with Crippen LogP contribution in [0.2, 0.25) is 0 Å². The summed E-state index contributed by atoms with van der Waals surface area (Å²) in [6, 6.07) is 8.41. The molecule has 0 radical (unpaired) electrons. The fourth-order valence-electron chi connectivity index (χ4n) is 1.72. The van der Waals surface area contributed by atoms with E-state index < -0.39 is 0 Å². The minimum Gasteiger partial charge on any atom is -0.496 e. The van der Waals surface area contributed by atoms with Crippen LogP contribution < -0.4 is 16.0 Å². The molecule has 0 amide bonds. The van der Waals surface area contributed by atoms with Gasteiger partial charge in [-0.05, 0) is 30.2 Å². The molecular formula is C13H15FN2OS. The molecule has 0 bridgehead atoms. The molecule has 2 rings (SSSR count). The van der Waals surface area contributed by atoms with E-state index >= 15 is 0 Å². The summed E-state index contributed by atoms with van der Waals surface area (Å²) in [6.07, 6.45) is 0.709. The smallest absolute Gasteiger partial charge is 0.129 e. The zero-order valence-electron chi connectivity index (χ0n) is 10.0. The van der Waals surface area contributed by atoms with Gasteiger partial charge in [-0.2, -0.15) is 0 Å². The van der Waals surface area contributed by atoms with Gasteiger partial charge in [0.15, 0.2) is 0 Å². The van der Waals surface area contributed by atoms with Crippen molar-refractivity contribution < 1.29 is 9.13 Å². The molecule has 5 heteroatoms. The molecule has 0 saturated heterocycles. The molecule has 0 aliphatic rings. The quantitative estimate of drug-likeness (QED) is 0.646. The Hall–Kier alpha value is -1.43. The maximum atomic E-state index is 12.8. The third kappa shape index (κ3) is 3.07. The first-order chi connectivity index (χ1) is 8.72. The number of nitrogens with one attached hydrogen (secondary N) is 1. The van der Waals surface area contributed by atoms with Crippen molar-refractivity contribution in [2.75, 3.05) is 7.11 Å². The van der Waals surface area contributed by atoms with Crippen LogP contribution in [-0.2, 0) is 6.42 Å². The molecule has 0 fully saturated rings. The summed E-state index contributed by atoms with van der Waals surface area (Å²) in [4.78, 5) is 1.10. The molecule has 3 nitrogen and oxygen atoms in total. The lowest BCUT2D eigenvalue weighted by Gasteiger charge is -2.14. The van der Waals surface area contributed by atoms with Crippen LogP contribution in [0.25, 0.3) is 0 Å². The van der Waals surface area contributed by atoms with Crippen LogP contribution in [0.1, 0.15) is 16.5 Å². The topological polar surface area (TPSA) is 47.3 Å². The van der Waals surface area contributed by atoms with Crippen molar-refractivity contribution in [1.82, 2.24) is 5.43 Å². The van der Waals surface area contributed by atoms with Crippen LogP contribution >= 0.6 is 11.3 Å². The Kier molecular flexibility index (Phi) is 4.30. The summed E-state index contributed by atoms with van der Waals surface area (Å²) >= 11 is 1.59. The van der Waals surface area contributed by atoms with Crippen molar-refractivity contribution in [3.63, 3.8) is 0 Å². The highest BCUT2D eigenvalue weighted by atomic mass is 32.1. The van der Waals surface area contributed by atoms with Gasteiger partial charge in [-0.15, -0.1) is 11.3 Å². The molecule has 1 atom stereocenters. The predicted octanol–water partition coefficient (Wildman–Crippen LogP) is 2.64. The largest absolute Gasteiger partial charge is 0.496 e. The zero-order chi connectivity index (χ0) is 13.0. The maximum absolute atomic E-state index is 12.8. The molecule has 0 saturated carbocycles. The van der Waals surface area contributed by atoms with Crippen molar-refractivity contribution in [2.24, 2.45) is 5.84 Å². The van der Waals surface area contributed by atoms with E-state index in [-0.39, 0.29) is 11.9 Å². The van der Waals surface area contributed by atoms with Gasteiger partial charge in [0.05, 0.1) is 13.2 Å². The summed E-state index contributed by atoms with van der Waals surface area (Å²) in [5.41, 5.74) is 3.81. The molecule has 1 aromatic heterocycles. The highest BCUT2D eigenvalue weighted by molar-refractivity contribution is 7.10. The normalized spacial score (nSPS) is 12.4. The van der Waals surface area contributed by atoms with Gasteiger partial charge in [0, 0.05) is 10.3 Å². The van der Waals surface area contributed by atoms with Crippen LogP contribution in [-0.4, -0.2) is 7.11 Å². The van der Waals surface area contributed by atoms with E-state index in [0.717, 1.165) is 16.2 Å². The number of nitrogens with two attached hydrogens (primary N) is 1. The van der Waals surface area contributed by atoms with Crippen molar-refractivity contribution in [2.45, 2.75) is 12.5 Å². The number of halogens is 1. The van der Waals surface area contributed by atoms with Crippen molar-refractivity contribution in [3.8, 4) is 5.75 Å². The van der Waals surface area contributed by atoms with E-state index in [1.165, 1.54) is 12.1 Å². The lowest BCUT2D eigenvalue weighted by atomic mass is 10.1. The van der Waals surface area contributed by atoms with E-state index in [4.69, 9.17) is 10.6 Å². The maximum Gasteiger partial charge on any atom is 0.129 e. The average molecular weight is 266 g/mol. The van der Waals surface area contributed by atoms with E-state index in [1.54, 1.807) is 30.6 Å². The third-order valence-electron chi connectivity index (χ3n) is 2.73. The van der Waals surface area contributed by atoms with Crippen LogP contribution in [0.3, 0.4) is 0 Å². The Balaban J connectivity index is 2.11. The molecule has 0 aliphatic heterocycles. The summed E-state index contributed by atoms with van der Waals surface area (Å²) in [6.45, 7) is 0. The first-order valence-corrected chi connectivity index (χ1v) is 6.44. The number of hydrazine groups is 1.